The van der Waals surface area contributed by atoms with Crippen LogP contribution in [0.15, 0.2) is 42.5 Å². The van der Waals surface area contributed by atoms with E-state index < -0.39 is 6.10 Å². The maximum atomic E-state index is 12.7. The number of hydrogen-bond donors (Lipinski definition) is 2. The number of rotatable bonds is 8. The fourth-order valence-electron chi connectivity index (χ4n) is 3.76. The molecule has 3 aromatic rings. The van der Waals surface area contributed by atoms with Crippen LogP contribution >= 0.6 is 0 Å². The van der Waals surface area contributed by atoms with Gasteiger partial charge in [0.1, 0.15) is 18.1 Å². The Morgan fingerprint density at radius 2 is 2.03 bits per heavy atom. The molecule has 8 nitrogen and oxygen atoms in total. The summed E-state index contributed by atoms with van der Waals surface area (Å²) in [5, 5.41) is 2.85. The van der Waals surface area contributed by atoms with Gasteiger partial charge in [0, 0.05) is 24.9 Å². The molecular formula is C24H26N4O4. The fourth-order valence-corrected chi connectivity index (χ4v) is 3.76. The summed E-state index contributed by atoms with van der Waals surface area (Å²) in [6.45, 7) is 3.82. The lowest BCUT2D eigenvalue weighted by atomic mass is 10.0. The first kappa shape index (κ1) is 21.5. The molecule has 2 aromatic carbocycles. The maximum absolute atomic E-state index is 12.7. The number of carbonyl (C=O) groups excluding carboxylic acids is 3. The number of nitrogens with one attached hydrogen (secondary N) is 2. The lowest BCUT2D eigenvalue weighted by Crippen LogP contribution is -2.49. The number of amides is 2. The molecule has 2 N–H and O–H groups in total. The Bertz CT molecular complexity index is 1140. The van der Waals surface area contributed by atoms with Crippen molar-refractivity contribution in [2.45, 2.75) is 39.2 Å². The van der Waals surface area contributed by atoms with E-state index in [1.54, 1.807) is 25.1 Å². The number of nitrogens with zero attached hydrogens (tertiary/aromatic N) is 2. The van der Waals surface area contributed by atoms with Gasteiger partial charge in [0.25, 0.3) is 5.91 Å². The minimum absolute atomic E-state index is 0.00314. The molecule has 8 heteroatoms. The molecule has 1 aromatic heterocycles. The first-order chi connectivity index (χ1) is 15.5. The molecule has 0 saturated heterocycles. The second-order valence-corrected chi connectivity index (χ2v) is 7.84. The molecule has 0 radical (unpaired) electrons. The van der Waals surface area contributed by atoms with Gasteiger partial charge in [0.15, 0.2) is 11.9 Å². The smallest absolute Gasteiger partial charge is 0.268 e. The van der Waals surface area contributed by atoms with Gasteiger partial charge in [-0.15, -0.1) is 0 Å². The van der Waals surface area contributed by atoms with E-state index in [9.17, 15) is 14.4 Å². The summed E-state index contributed by atoms with van der Waals surface area (Å²) in [6, 6.07) is 12.8. The molecule has 1 aliphatic heterocycles. The molecule has 1 aliphatic rings. The van der Waals surface area contributed by atoms with Crippen LogP contribution < -0.4 is 15.0 Å². The first-order valence-corrected chi connectivity index (χ1v) is 10.8. The molecule has 0 fully saturated rings. The number of carbonyl (C=O) groups is 3. The number of fused-ring (bicyclic) bond motifs is 2. The predicted octanol–water partition coefficient (Wildman–Crippen LogP) is 3.02. The molecule has 32 heavy (non-hydrogen) atoms. The second kappa shape index (κ2) is 9.21. The van der Waals surface area contributed by atoms with Crippen LogP contribution in [0.5, 0.6) is 5.75 Å². The van der Waals surface area contributed by atoms with Gasteiger partial charge < -0.3 is 15.0 Å². The van der Waals surface area contributed by atoms with Crippen molar-refractivity contribution in [3.05, 3.63) is 53.9 Å². The van der Waals surface area contributed by atoms with Crippen LogP contribution in [-0.4, -0.2) is 46.8 Å². The zero-order valence-corrected chi connectivity index (χ0v) is 18.2. The Morgan fingerprint density at radius 1 is 1.22 bits per heavy atom. The summed E-state index contributed by atoms with van der Waals surface area (Å²) >= 11 is 0. The minimum Gasteiger partial charge on any atom is -0.479 e. The van der Waals surface area contributed by atoms with Crippen molar-refractivity contribution in [3.8, 4) is 5.75 Å². The summed E-state index contributed by atoms with van der Waals surface area (Å²) in [6.07, 6.45) is 0.995. The molecule has 166 valence electrons. The number of H-pyrrole nitrogens is 1. The lowest BCUT2D eigenvalue weighted by Gasteiger charge is -2.32. The Morgan fingerprint density at radius 3 is 2.81 bits per heavy atom. The maximum Gasteiger partial charge on any atom is 0.268 e. The van der Waals surface area contributed by atoms with E-state index in [2.05, 4.69) is 15.3 Å². The summed E-state index contributed by atoms with van der Waals surface area (Å²) in [5.41, 5.74) is 2.79. The largest absolute Gasteiger partial charge is 0.479 e. The number of ether oxygens (including phenoxy) is 1. The number of anilines is 1. The fraction of sp³-hybridized carbons (Fsp3) is 0.333. The summed E-state index contributed by atoms with van der Waals surface area (Å²) in [7, 11) is 0. The lowest BCUT2D eigenvalue weighted by molar-refractivity contribution is -0.128. The van der Waals surface area contributed by atoms with E-state index in [-0.39, 0.29) is 24.1 Å². The number of para-hydroxylation sites is 2. The van der Waals surface area contributed by atoms with Crippen LogP contribution in [0.3, 0.4) is 0 Å². The second-order valence-electron chi connectivity index (χ2n) is 7.84. The molecular weight excluding hydrogens is 408 g/mol. The molecule has 0 saturated carbocycles. The average Bonchev–Trinajstić information content (AvgIpc) is 3.19. The Balaban J connectivity index is 1.43. The Kier molecular flexibility index (Phi) is 6.20. The molecule has 0 bridgehead atoms. The summed E-state index contributed by atoms with van der Waals surface area (Å²) in [5.74, 6) is 0.661. The van der Waals surface area contributed by atoms with Crippen molar-refractivity contribution in [1.29, 1.82) is 0 Å². The monoisotopic (exact) mass is 434 g/mol. The highest BCUT2D eigenvalue weighted by molar-refractivity contribution is 6.05. The number of ketones is 1. The van der Waals surface area contributed by atoms with Crippen LogP contribution in [0, 0.1) is 0 Å². The highest BCUT2D eigenvalue weighted by Gasteiger charge is 2.33. The minimum atomic E-state index is -0.706. The number of hydrogen-bond acceptors (Lipinski definition) is 5. The molecule has 0 spiro atoms. The van der Waals surface area contributed by atoms with Gasteiger partial charge in [-0.05, 0) is 43.7 Å². The zero-order valence-electron chi connectivity index (χ0n) is 18.2. The van der Waals surface area contributed by atoms with Gasteiger partial charge in [0.05, 0.1) is 16.7 Å². The van der Waals surface area contributed by atoms with E-state index in [1.165, 1.54) is 4.90 Å². The van der Waals surface area contributed by atoms with Crippen molar-refractivity contribution in [2.75, 3.05) is 18.0 Å². The number of aromatic nitrogens is 2. The summed E-state index contributed by atoms with van der Waals surface area (Å²) < 4.78 is 5.67. The summed E-state index contributed by atoms with van der Waals surface area (Å²) in [4.78, 5) is 46.8. The topological polar surface area (TPSA) is 104 Å². The standard InChI is InChI=1S/C24H26N4O4/c1-3-6-20(29)16-9-10-21-19(13-16)28(24(31)15(2)32-21)14-23(30)25-12-11-22-26-17-7-4-5-8-18(17)27-22/h4-5,7-10,13,15H,3,6,11-12,14H2,1-2H3,(H,25,30)(H,26,27). The van der Waals surface area contributed by atoms with Crippen molar-refractivity contribution in [2.24, 2.45) is 0 Å². The number of imidazole rings is 1. The average molecular weight is 434 g/mol. The number of benzene rings is 2. The van der Waals surface area contributed by atoms with Crippen molar-refractivity contribution in [3.63, 3.8) is 0 Å². The highest BCUT2D eigenvalue weighted by atomic mass is 16.5. The van der Waals surface area contributed by atoms with Gasteiger partial charge >= 0.3 is 0 Å². The van der Waals surface area contributed by atoms with Crippen LogP contribution in [0.25, 0.3) is 11.0 Å². The SMILES string of the molecule is CCCC(=O)c1ccc2c(c1)N(CC(=O)NCCc1nc3ccccc3[nH]1)C(=O)C(C)O2. The van der Waals surface area contributed by atoms with Crippen LogP contribution in [0.4, 0.5) is 5.69 Å². The third-order valence-electron chi connectivity index (χ3n) is 5.39. The zero-order chi connectivity index (χ0) is 22.7. The molecule has 4 rings (SSSR count). The van der Waals surface area contributed by atoms with Gasteiger partial charge in [-0.25, -0.2) is 4.98 Å². The third-order valence-corrected chi connectivity index (χ3v) is 5.39. The molecule has 1 unspecified atom stereocenters. The van der Waals surface area contributed by atoms with Crippen LogP contribution in [0.1, 0.15) is 42.9 Å². The third kappa shape index (κ3) is 4.49. The Labute approximate surface area is 186 Å². The highest BCUT2D eigenvalue weighted by Crippen LogP contribution is 2.35. The van der Waals surface area contributed by atoms with E-state index in [0.717, 1.165) is 23.3 Å². The van der Waals surface area contributed by atoms with Gasteiger partial charge in [-0.2, -0.15) is 0 Å². The number of aromatic amines is 1. The molecule has 2 amide bonds. The van der Waals surface area contributed by atoms with Crippen LogP contribution in [0.2, 0.25) is 0 Å². The van der Waals surface area contributed by atoms with E-state index in [1.807, 2.05) is 31.2 Å². The van der Waals surface area contributed by atoms with Crippen molar-refractivity contribution >= 4 is 34.3 Å². The molecule has 2 heterocycles. The Hall–Kier alpha value is -3.68. The number of Topliss-reactive ketones (excluding diaryl/α,β-unsaturated/α-hetero) is 1. The predicted molar refractivity (Wildman–Crippen MR) is 121 cm³/mol. The normalized spacial score (nSPS) is 15.4. The van der Waals surface area contributed by atoms with Gasteiger partial charge in [-0.3, -0.25) is 19.3 Å². The van der Waals surface area contributed by atoms with E-state index in [4.69, 9.17) is 4.74 Å². The van der Waals surface area contributed by atoms with Crippen molar-refractivity contribution in [1.82, 2.24) is 15.3 Å². The quantitative estimate of drug-likeness (QED) is 0.531. The first-order valence-electron chi connectivity index (χ1n) is 10.8. The van der Waals surface area contributed by atoms with Crippen molar-refractivity contribution < 1.29 is 19.1 Å². The van der Waals surface area contributed by atoms with Gasteiger partial charge in [-0.1, -0.05) is 19.1 Å². The van der Waals surface area contributed by atoms with Gasteiger partial charge in [0.2, 0.25) is 5.91 Å². The molecule has 0 aliphatic carbocycles. The van der Waals surface area contributed by atoms with E-state index >= 15 is 0 Å². The van der Waals surface area contributed by atoms with Crippen LogP contribution in [-0.2, 0) is 16.0 Å². The van der Waals surface area contributed by atoms with E-state index in [0.29, 0.717) is 36.4 Å². The molecule has 1 atom stereocenters.